The third-order valence-electron chi connectivity index (χ3n) is 7.63. The van der Waals surface area contributed by atoms with Crippen LogP contribution in [-0.2, 0) is 19.8 Å². The molecule has 1 N–H and O–H groups in total. The van der Waals surface area contributed by atoms with Crippen LogP contribution < -0.4 is 5.32 Å². The number of esters is 1. The number of fused-ring (bicyclic) bond motifs is 3. The highest BCUT2D eigenvalue weighted by molar-refractivity contribution is 5.84. The van der Waals surface area contributed by atoms with Crippen LogP contribution in [0.25, 0.3) is 11.1 Å². The number of nitrogens with zero attached hydrogens (tertiary/aromatic N) is 1. The lowest BCUT2D eigenvalue weighted by Crippen LogP contribution is -2.52. The van der Waals surface area contributed by atoms with Gasteiger partial charge in [-0.1, -0.05) is 78.9 Å². The minimum Gasteiger partial charge on any atom is -0.468 e. The van der Waals surface area contributed by atoms with E-state index in [0.717, 1.165) is 12.0 Å². The summed E-state index contributed by atoms with van der Waals surface area (Å²) in [6.07, 6.45) is 0.968. The molecule has 38 heavy (non-hydrogen) atoms. The first-order chi connectivity index (χ1) is 18.3. The Morgan fingerprint density at radius 1 is 0.921 bits per heavy atom. The Labute approximate surface area is 225 Å². The van der Waals surface area contributed by atoms with Gasteiger partial charge in [-0.15, -0.1) is 0 Å². The molecule has 5 rings (SSSR count). The summed E-state index contributed by atoms with van der Waals surface area (Å²) in [7, 11) is 1.46. The van der Waals surface area contributed by atoms with Gasteiger partial charge in [-0.25, -0.2) is 4.79 Å². The smallest absolute Gasteiger partial charge is 0.407 e. The molecular weight excluding hydrogens is 476 g/mol. The second kappa shape index (κ2) is 10.3. The highest BCUT2D eigenvalue weighted by Crippen LogP contribution is 2.56. The molecule has 3 aromatic carbocycles. The first kappa shape index (κ1) is 26.0. The van der Waals surface area contributed by atoms with Gasteiger partial charge in [0.05, 0.1) is 12.6 Å². The SMILES string of the molecule is COC(=O)[C@@H]1CC(CCNC(=O)OC(C)(C)C)CN1C1(c2ccccc2)c2ccccc2-c2ccccc21. The number of rotatable bonds is 6. The second-order valence-corrected chi connectivity index (χ2v) is 11.2. The molecular formula is C32H36N2O4. The van der Waals surface area contributed by atoms with Gasteiger partial charge in [0, 0.05) is 13.1 Å². The summed E-state index contributed by atoms with van der Waals surface area (Å²) >= 11 is 0. The number of amides is 1. The van der Waals surface area contributed by atoms with E-state index in [-0.39, 0.29) is 11.9 Å². The van der Waals surface area contributed by atoms with Crippen molar-refractivity contribution in [1.29, 1.82) is 0 Å². The average molecular weight is 513 g/mol. The first-order valence-corrected chi connectivity index (χ1v) is 13.3. The number of hydrogen-bond acceptors (Lipinski definition) is 5. The van der Waals surface area contributed by atoms with Crippen LogP contribution in [0, 0.1) is 5.92 Å². The van der Waals surface area contributed by atoms with Crippen molar-refractivity contribution in [2.45, 2.75) is 50.8 Å². The van der Waals surface area contributed by atoms with Gasteiger partial charge in [-0.05, 0) is 67.3 Å². The lowest BCUT2D eigenvalue weighted by Gasteiger charge is -2.44. The van der Waals surface area contributed by atoms with Crippen LogP contribution in [0.4, 0.5) is 4.79 Å². The topological polar surface area (TPSA) is 67.9 Å². The van der Waals surface area contributed by atoms with Crippen molar-refractivity contribution in [1.82, 2.24) is 10.2 Å². The van der Waals surface area contributed by atoms with E-state index in [4.69, 9.17) is 9.47 Å². The predicted molar refractivity (Wildman–Crippen MR) is 148 cm³/mol. The molecule has 0 spiro atoms. The van der Waals surface area contributed by atoms with Gasteiger partial charge in [0.1, 0.15) is 11.6 Å². The average Bonchev–Trinajstić information content (AvgIpc) is 3.45. The number of ether oxygens (including phenoxy) is 2. The minimum atomic E-state index is -0.638. The van der Waals surface area contributed by atoms with E-state index in [2.05, 4.69) is 83.0 Å². The Kier molecular flexibility index (Phi) is 7.01. The minimum absolute atomic E-state index is 0.189. The van der Waals surface area contributed by atoms with Crippen LogP contribution in [0.2, 0.25) is 0 Å². The van der Waals surface area contributed by atoms with Crippen molar-refractivity contribution in [3.05, 3.63) is 95.6 Å². The maximum Gasteiger partial charge on any atom is 0.407 e. The molecule has 0 bridgehead atoms. The molecule has 0 aromatic heterocycles. The van der Waals surface area contributed by atoms with Crippen molar-refractivity contribution in [3.8, 4) is 11.1 Å². The Morgan fingerprint density at radius 2 is 1.50 bits per heavy atom. The molecule has 1 heterocycles. The largest absolute Gasteiger partial charge is 0.468 e. The van der Waals surface area contributed by atoms with Gasteiger partial charge in [0.15, 0.2) is 0 Å². The summed E-state index contributed by atoms with van der Waals surface area (Å²) in [5.41, 5.74) is 4.66. The monoisotopic (exact) mass is 512 g/mol. The number of likely N-dealkylation sites (tertiary alicyclic amines) is 1. The maximum absolute atomic E-state index is 13.3. The van der Waals surface area contributed by atoms with Crippen LogP contribution in [-0.4, -0.2) is 48.8 Å². The van der Waals surface area contributed by atoms with Crippen LogP contribution in [0.1, 0.15) is 50.3 Å². The normalized spacial score (nSPS) is 19.9. The summed E-state index contributed by atoms with van der Waals surface area (Å²) in [5, 5.41) is 2.89. The molecule has 0 radical (unpaired) electrons. The number of benzene rings is 3. The first-order valence-electron chi connectivity index (χ1n) is 13.3. The number of alkyl carbamates (subject to hydrolysis) is 1. The van der Waals surface area contributed by atoms with Gasteiger partial charge >= 0.3 is 12.1 Å². The van der Waals surface area contributed by atoms with Gasteiger partial charge in [-0.3, -0.25) is 9.69 Å². The van der Waals surface area contributed by atoms with Crippen molar-refractivity contribution < 1.29 is 19.1 Å². The van der Waals surface area contributed by atoms with Gasteiger partial charge in [0.2, 0.25) is 0 Å². The molecule has 1 amide bonds. The van der Waals surface area contributed by atoms with Crippen LogP contribution >= 0.6 is 0 Å². The fourth-order valence-corrected chi connectivity index (χ4v) is 6.23. The summed E-state index contributed by atoms with van der Waals surface area (Å²) in [6.45, 7) is 6.72. The fraction of sp³-hybridized carbons (Fsp3) is 0.375. The predicted octanol–water partition coefficient (Wildman–Crippen LogP) is 5.74. The van der Waals surface area contributed by atoms with E-state index < -0.39 is 23.3 Å². The van der Waals surface area contributed by atoms with Crippen LogP contribution in [0.15, 0.2) is 78.9 Å². The molecule has 1 fully saturated rings. The zero-order valence-corrected chi connectivity index (χ0v) is 22.6. The molecule has 1 aliphatic carbocycles. The molecule has 2 atom stereocenters. The summed E-state index contributed by atoms with van der Waals surface area (Å²) in [4.78, 5) is 27.9. The maximum atomic E-state index is 13.3. The van der Waals surface area contributed by atoms with Crippen LogP contribution in [0.5, 0.6) is 0 Å². The highest BCUT2D eigenvalue weighted by atomic mass is 16.6. The summed E-state index contributed by atoms with van der Waals surface area (Å²) < 4.78 is 10.8. The fourth-order valence-electron chi connectivity index (χ4n) is 6.23. The third-order valence-corrected chi connectivity index (χ3v) is 7.63. The highest BCUT2D eigenvalue weighted by Gasteiger charge is 2.55. The molecule has 198 valence electrons. The Balaban J connectivity index is 1.55. The molecule has 1 aliphatic heterocycles. The van der Waals surface area contributed by atoms with E-state index >= 15 is 0 Å². The molecule has 2 aliphatic rings. The van der Waals surface area contributed by atoms with Crippen molar-refractivity contribution in [2.24, 2.45) is 5.92 Å². The van der Waals surface area contributed by atoms with Gasteiger partial charge < -0.3 is 14.8 Å². The third kappa shape index (κ3) is 4.58. The van der Waals surface area contributed by atoms with Crippen molar-refractivity contribution in [2.75, 3.05) is 20.2 Å². The van der Waals surface area contributed by atoms with E-state index in [1.807, 2.05) is 26.8 Å². The van der Waals surface area contributed by atoms with E-state index in [9.17, 15) is 9.59 Å². The van der Waals surface area contributed by atoms with Crippen molar-refractivity contribution >= 4 is 12.1 Å². The number of carbonyl (C=O) groups is 2. The number of nitrogens with one attached hydrogen (secondary N) is 1. The number of methoxy groups -OCH3 is 1. The standard InChI is InChI=1S/C32H36N2O4/c1-31(2,3)38-30(36)33-19-18-22-20-28(29(35)37-4)34(21-22)32(23-12-6-5-7-13-23)26-16-10-8-14-24(26)25-15-9-11-17-27(25)32/h5-17,22,28H,18-21H2,1-4H3,(H,33,36)/t22?,28-/m0/s1. The van der Waals surface area contributed by atoms with Crippen LogP contribution in [0.3, 0.4) is 0 Å². The van der Waals surface area contributed by atoms with E-state index in [1.54, 1.807) is 0 Å². The van der Waals surface area contributed by atoms with E-state index in [0.29, 0.717) is 19.5 Å². The number of carbonyl (C=O) groups excluding carboxylic acids is 2. The zero-order valence-electron chi connectivity index (χ0n) is 22.6. The Morgan fingerprint density at radius 3 is 2.08 bits per heavy atom. The Hall–Kier alpha value is -3.64. The van der Waals surface area contributed by atoms with Gasteiger partial charge in [0.25, 0.3) is 0 Å². The van der Waals surface area contributed by atoms with Crippen molar-refractivity contribution in [3.63, 3.8) is 0 Å². The molecule has 6 nitrogen and oxygen atoms in total. The molecule has 1 saturated heterocycles. The lowest BCUT2D eigenvalue weighted by molar-refractivity contribution is -0.147. The zero-order chi connectivity index (χ0) is 26.9. The quantitative estimate of drug-likeness (QED) is 0.427. The van der Waals surface area contributed by atoms with Gasteiger partial charge in [-0.2, -0.15) is 0 Å². The molecule has 6 heteroatoms. The second-order valence-electron chi connectivity index (χ2n) is 11.2. The van der Waals surface area contributed by atoms with E-state index in [1.165, 1.54) is 29.4 Å². The lowest BCUT2D eigenvalue weighted by atomic mass is 9.78. The number of hydrogen-bond donors (Lipinski definition) is 1. The molecule has 3 aromatic rings. The molecule has 1 unspecified atom stereocenters. The molecule has 0 saturated carbocycles. The Bertz CT molecular complexity index is 1270. The summed E-state index contributed by atoms with van der Waals surface area (Å²) in [5.74, 6) is -0.0423. The summed E-state index contributed by atoms with van der Waals surface area (Å²) in [6, 6.07) is 27.1.